The smallest absolute Gasteiger partial charge is 0.0178 e. The molecule has 2 heteroatoms. The van der Waals surface area contributed by atoms with Crippen LogP contribution >= 0.6 is 31.9 Å². The van der Waals surface area contributed by atoms with Crippen LogP contribution in [0.3, 0.4) is 0 Å². The summed E-state index contributed by atoms with van der Waals surface area (Å²) in [6.45, 7) is 0. The fourth-order valence-electron chi connectivity index (χ4n) is 5.05. The number of rotatable bonds is 7. The maximum absolute atomic E-state index is 3.68. The van der Waals surface area contributed by atoms with Crippen LogP contribution in [-0.4, -0.2) is 0 Å². The number of hydrogen-bond donors (Lipinski definition) is 0. The molecule has 2 aliphatic rings. The van der Waals surface area contributed by atoms with Crippen molar-refractivity contribution in [2.75, 3.05) is 0 Å². The van der Waals surface area contributed by atoms with Gasteiger partial charge in [0.15, 0.2) is 0 Å². The van der Waals surface area contributed by atoms with Crippen molar-refractivity contribution >= 4 is 31.9 Å². The van der Waals surface area contributed by atoms with Crippen LogP contribution in [-0.2, 0) is 19.3 Å². The first-order chi connectivity index (χ1) is 14.2. The highest BCUT2D eigenvalue weighted by Gasteiger charge is 2.28. The largest absolute Gasteiger partial charge is 0.0588 e. The first-order valence-electron chi connectivity index (χ1n) is 10.9. The van der Waals surface area contributed by atoms with Crippen LogP contribution in [0.2, 0.25) is 0 Å². The van der Waals surface area contributed by atoms with Gasteiger partial charge in [-0.1, -0.05) is 81.5 Å². The fourth-order valence-corrected chi connectivity index (χ4v) is 5.81. The molecule has 2 aliphatic carbocycles. The van der Waals surface area contributed by atoms with Gasteiger partial charge < -0.3 is 0 Å². The fraction of sp³-hybridized carbons (Fsp3) is 0.333. The first kappa shape index (κ1) is 19.6. The molecule has 0 radical (unpaired) electrons. The molecule has 0 unspecified atom stereocenters. The average Bonchev–Trinajstić information content (AvgIpc) is 2.98. The summed E-state index contributed by atoms with van der Waals surface area (Å²) in [5.41, 5.74) is 10.5. The predicted molar refractivity (Wildman–Crippen MR) is 130 cm³/mol. The quantitative estimate of drug-likeness (QED) is 0.279. The van der Waals surface area contributed by atoms with Crippen LogP contribution in [0, 0.1) is 0 Å². The number of aryl methyl sites for hydroxylation is 3. The highest BCUT2D eigenvalue weighted by Crippen LogP contribution is 2.48. The third-order valence-corrected chi connectivity index (χ3v) is 7.70. The summed E-state index contributed by atoms with van der Waals surface area (Å²) in [5, 5.41) is 0. The molecule has 0 heterocycles. The molecule has 29 heavy (non-hydrogen) atoms. The van der Waals surface area contributed by atoms with E-state index < -0.39 is 0 Å². The van der Waals surface area contributed by atoms with E-state index in [0.717, 1.165) is 0 Å². The van der Waals surface area contributed by atoms with Crippen molar-refractivity contribution in [3.63, 3.8) is 0 Å². The molecule has 0 amide bonds. The molecule has 5 rings (SSSR count). The van der Waals surface area contributed by atoms with Gasteiger partial charge in [0.25, 0.3) is 0 Å². The zero-order valence-electron chi connectivity index (χ0n) is 16.7. The summed E-state index contributed by atoms with van der Waals surface area (Å²) in [4.78, 5) is 0. The first-order valence-corrected chi connectivity index (χ1v) is 12.5. The molecular weight excluding hydrogens is 484 g/mol. The Hall–Kier alpha value is -1.38. The summed E-state index contributed by atoms with van der Waals surface area (Å²) in [7, 11) is 0. The zero-order chi connectivity index (χ0) is 19.8. The van der Waals surface area contributed by atoms with Crippen LogP contribution < -0.4 is 0 Å². The standard InChI is InChI=1S/C27H26Br2/c28-21-11-13-24-25-14-12-22(29)17-27(25)23(26(24)16-21)6-4-2-1-3-5-18-7-8-19-9-10-20(19)15-18/h7-8,11-17,23H,1-6,9-10H2. The number of unbranched alkanes of at least 4 members (excludes halogenated alkanes) is 3. The maximum Gasteiger partial charge on any atom is 0.0178 e. The minimum Gasteiger partial charge on any atom is -0.0588 e. The number of benzene rings is 3. The lowest BCUT2D eigenvalue weighted by Crippen LogP contribution is -2.08. The summed E-state index contributed by atoms with van der Waals surface area (Å²) in [6.07, 6.45) is 10.3. The molecule has 0 atom stereocenters. The monoisotopic (exact) mass is 508 g/mol. The average molecular weight is 510 g/mol. The van der Waals surface area contributed by atoms with E-state index in [1.165, 1.54) is 88.1 Å². The summed E-state index contributed by atoms with van der Waals surface area (Å²) >= 11 is 7.36. The normalized spacial score (nSPS) is 14.3. The lowest BCUT2D eigenvalue weighted by molar-refractivity contribution is 0.588. The Morgan fingerprint density at radius 2 is 1.31 bits per heavy atom. The molecular formula is C27H26Br2. The van der Waals surface area contributed by atoms with Crippen LogP contribution in [0.25, 0.3) is 11.1 Å². The van der Waals surface area contributed by atoms with Gasteiger partial charge >= 0.3 is 0 Å². The van der Waals surface area contributed by atoms with Crippen molar-refractivity contribution in [1.82, 2.24) is 0 Å². The second kappa shape index (κ2) is 8.40. The molecule has 0 saturated carbocycles. The number of fused-ring (bicyclic) bond motifs is 4. The third kappa shape index (κ3) is 3.99. The van der Waals surface area contributed by atoms with Gasteiger partial charge in [-0.05, 0) is 95.3 Å². The van der Waals surface area contributed by atoms with Crippen molar-refractivity contribution in [3.8, 4) is 11.1 Å². The Kier molecular flexibility index (Phi) is 5.67. The number of halogens is 2. The van der Waals surface area contributed by atoms with Crippen LogP contribution in [0.4, 0.5) is 0 Å². The Bertz CT molecular complexity index is 999. The lowest BCUT2D eigenvalue weighted by atomic mass is 9.86. The highest BCUT2D eigenvalue weighted by atomic mass is 79.9. The minimum absolute atomic E-state index is 0.531. The van der Waals surface area contributed by atoms with Crippen molar-refractivity contribution < 1.29 is 0 Å². The van der Waals surface area contributed by atoms with E-state index in [-0.39, 0.29) is 0 Å². The van der Waals surface area contributed by atoms with E-state index in [1.807, 2.05) is 0 Å². The molecule has 0 aromatic heterocycles. The van der Waals surface area contributed by atoms with E-state index in [9.17, 15) is 0 Å². The van der Waals surface area contributed by atoms with E-state index in [0.29, 0.717) is 5.92 Å². The molecule has 148 valence electrons. The Balaban J connectivity index is 1.18. The number of hydrogen-bond acceptors (Lipinski definition) is 0. The molecule has 3 aromatic carbocycles. The molecule has 0 spiro atoms. The Morgan fingerprint density at radius 3 is 1.93 bits per heavy atom. The summed E-state index contributed by atoms with van der Waals surface area (Å²) in [6, 6.07) is 20.7. The van der Waals surface area contributed by atoms with Crippen molar-refractivity contribution in [2.45, 2.75) is 57.3 Å². The van der Waals surface area contributed by atoms with Gasteiger partial charge in [-0.3, -0.25) is 0 Å². The van der Waals surface area contributed by atoms with Gasteiger partial charge in [-0.2, -0.15) is 0 Å². The van der Waals surface area contributed by atoms with Crippen molar-refractivity contribution in [3.05, 3.63) is 91.4 Å². The van der Waals surface area contributed by atoms with Crippen LogP contribution in [0.1, 0.15) is 65.8 Å². The topological polar surface area (TPSA) is 0 Å². The second-order valence-electron chi connectivity index (χ2n) is 8.57. The molecule has 0 aliphatic heterocycles. The Morgan fingerprint density at radius 1 is 0.655 bits per heavy atom. The van der Waals surface area contributed by atoms with Gasteiger partial charge in [0.2, 0.25) is 0 Å². The third-order valence-electron chi connectivity index (χ3n) is 6.71. The van der Waals surface area contributed by atoms with Crippen LogP contribution in [0.15, 0.2) is 63.5 Å². The van der Waals surface area contributed by atoms with E-state index in [1.54, 1.807) is 11.1 Å². The van der Waals surface area contributed by atoms with Gasteiger partial charge in [0.1, 0.15) is 0 Å². The van der Waals surface area contributed by atoms with Crippen LogP contribution in [0.5, 0.6) is 0 Å². The second-order valence-corrected chi connectivity index (χ2v) is 10.4. The molecule has 0 saturated heterocycles. The SMILES string of the molecule is Brc1ccc2c(c1)C(CCCCCCc1ccc3c(c1)CC3)c1cc(Br)ccc1-2. The van der Waals surface area contributed by atoms with Gasteiger partial charge in [0, 0.05) is 14.9 Å². The summed E-state index contributed by atoms with van der Waals surface area (Å²) < 4.78 is 2.37. The molecule has 0 nitrogen and oxygen atoms in total. The lowest BCUT2D eigenvalue weighted by Gasteiger charge is -2.19. The van der Waals surface area contributed by atoms with Crippen molar-refractivity contribution in [1.29, 1.82) is 0 Å². The summed E-state index contributed by atoms with van der Waals surface area (Å²) in [5.74, 6) is 0.531. The molecule has 3 aromatic rings. The molecule has 0 bridgehead atoms. The predicted octanol–water partition coefficient (Wildman–Crippen LogP) is 8.62. The van der Waals surface area contributed by atoms with E-state index in [2.05, 4.69) is 86.5 Å². The maximum atomic E-state index is 3.68. The van der Waals surface area contributed by atoms with Gasteiger partial charge in [0.05, 0.1) is 0 Å². The minimum atomic E-state index is 0.531. The highest BCUT2D eigenvalue weighted by molar-refractivity contribution is 9.10. The molecule has 0 fully saturated rings. The van der Waals surface area contributed by atoms with Gasteiger partial charge in [-0.15, -0.1) is 0 Å². The van der Waals surface area contributed by atoms with Crippen molar-refractivity contribution in [2.24, 2.45) is 0 Å². The van der Waals surface area contributed by atoms with Gasteiger partial charge in [-0.25, -0.2) is 0 Å². The Labute approximate surface area is 191 Å². The van der Waals surface area contributed by atoms with E-state index >= 15 is 0 Å². The zero-order valence-corrected chi connectivity index (χ0v) is 19.9. The molecule has 0 N–H and O–H groups in total. The van der Waals surface area contributed by atoms with E-state index in [4.69, 9.17) is 0 Å².